The van der Waals surface area contributed by atoms with E-state index in [0.29, 0.717) is 0 Å². The van der Waals surface area contributed by atoms with E-state index in [0.717, 1.165) is 18.3 Å². The van der Waals surface area contributed by atoms with Crippen LogP contribution in [0.1, 0.15) is 19.3 Å². The molecule has 0 unspecified atom stereocenters. The maximum atomic E-state index is 10.4. The second-order valence-electron chi connectivity index (χ2n) is 3.55. The van der Waals surface area contributed by atoms with Crippen molar-refractivity contribution in [3.63, 3.8) is 0 Å². The Kier molecular flexibility index (Phi) is 1.75. The van der Waals surface area contributed by atoms with Crippen molar-refractivity contribution in [2.75, 3.05) is 6.54 Å². The molecule has 1 amide bonds. The van der Waals surface area contributed by atoms with Gasteiger partial charge in [0.1, 0.15) is 6.54 Å². The van der Waals surface area contributed by atoms with Gasteiger partial charge in [-0.3, -0.25) is 4.79 Å². The lowest BCUT2D eigenvalue weighted by atomic mass is 10.2. The summed E-state index contributed by atoms with van der Waals surface area (Å²) in [6.07, 6.45) is 3.68. The van der Waals surface area contributed by atoms with Crippen LogP contribution in [0.3, 0.4) is 0 Å². The molecule has 0 aliphatic heterocycles. The molecule has 0 spiro atoms. The average molecular weight is 167 g/mol. The van der Waals surface area contributed by atoms with Crippen LogP contribution in [0, 0.1) is 11.8 Å². The number of carbonyl (C=O) groups is 1. The maximum Gasteiger partial charge on any atom is 0.238 e. The molecule has 4 heteroatoms. The molecule has 0 aromatic rings. The van der Waals surface area contributed by atoms with E-state index < -0.39 is 0 Å². The van der Waals surface area contributed by atoms with Gasteiger partial charge in [0.2, 0.25) is 5.91 Å². The van der Waals surface area contributed by atoms with E-state index in [1.54, 1.807) is 0 Å². The zero-order valence-corrected chi connectivity index (χ0v) is 6.92. The molecule has 3 N–H and O–H groups in total. The summed E-state index contributed by atoms with van der Waals surface area (Å²) in [5, 5.41) is 4.15. The third-order valence-corrected chi connectivity index (χ3v) is 2.60. The molecule has 12 heavy (non-hydrogen) atoms. The molecule has 2 atom stereocenters. The molecule has 2 aliphatic carbocycles. The minimum atomic E-state index is -0.357. The molecular formula is C8H13N3O. The first-order valence-electron chi connectivity index (χ1n) is 4.35. The highest BCUT2D eigenvalue weighted by Crippen LogP contribution is 2.49. The van der Waals surface area contributed by atoms with Crippen LogP contribution in [-0.2, 0) is 4.79 Å². The van der Waals surface area contributed by atoms with E-state index in [4.69, 9.17) is 5.73 Å². The summed E-state index contributed by atoms with van der Waals surface area (Å²) < 4.78 is 0. The predicted octanol–water partition coefficient (Wildman–Crippen LogP) is -0.153. The van der Waals surface area contributed by atoms with E-state index in [1.807, 2.05) is 0 Å². The van der Waals surface area contributed by atoms with E-state index in [-0.39, 0.29) is 12.5 Å². The predicted molar refractivity (Wildman–Crippen MR) is 45.5 cm³/mol. The Morgan fingerprint density at radius 2 is 2.58 bits per heavy atom. The highest BCUT2D eigenvalue weighted by Gasteiger charge is 2.45. The summed E-state index contributed by atoms with van der Waals surface area (Å²) in [6, 6.07) is 0. The smallest absolute Gasteiger partial charge is 0.238 e. The van der Waals surface area contributed by atoms with Crippen molar-refractivity contribution in [3.05, 3.63) is 0 Å². The van der Waals surface area contributed by atoms with Gasteiger partial charge in [-0.25, -0.2) is 0 Å². The average Bonchev–Trinajstić information content (AvgIpc) is 2.68. The summed E-state index contributed by atoms with van der Waals surface area (Å²) in [6.45, 7) is 0.154. The molecule has 0 aromatic carbocycles. The Labute approximate surface area is 71.2 Å². The summed E-state index contributed by atoms with van der Waals surface area (Å²) in [5.74, 6) is 1.27. The van der Waals surface area contributed by atoms with Gasteiger partial charge in [0.25, 0.3) is 0 Å². The number of hydrogen-bond donors (Lipinski definition) is 2. The Bertz CT molecular complexity index is 236. The number of amides is 1. The van der Waals surface area contributed by atoms with Crippen molar-refractivity contribution >= 4 is 11.6 Å². The molecule has 4 nitrogen and oxygen atoms in total. The van der Waals surface area contributed by atoms with Crippen LogP contribution in [0.2, 0.25) is 0 Å². The van der Waals surface area contributed by atoms with Gasteiger partial charge in [-0.2, -0.15) is 5.10 Å². The molecule has 0 heterocycles. The second kappa shape index (κ2) is 2.77. The Morgan fingerprint density at radius 1 is 1.75 bits per heavy atom. The molecular weight excluding hydrogens is 154 g/mol. The van der Waals surface area contributed by atoms with Gasteiger partial charge in [0, 0.05) is 11.6 Å². The van der Waals surface area contributed by atoms with Gasteiger partial charge in [-0.15, -0.1) is 0 Å². The highest BCUT2D eigenvalue weighted by molar-refractivity contribution is 5.91. The van der Waals surface area contributed by atoms with Crippen molar-refractivity contribution in [1.29, 1.82) is 0 Å². The summed E-state index contributed by atoms with van der Waals surface area (Å²) >= 11 is 0. The number of rotatable bonds is 3. The zero-order chi connectivity index (χ0) is 8.55. The van der Waals surface area contributed by atoms with Gasteiger partial charge < -0.3 is 11.2 Å². The fourth-order valence-corrected chi connectivity index (χ4v) is 1.85. The molecule has 0 saturated heterocycles. The summed E-state index contributed by atoms with van der Waals surface area (Å²) in [7, 11) is 0. The minimum absolute atomic E-state index is 0.154. The number of primary amides is 1. The van der Waals surface area contributed by atoms with E-state index in [9.17, 15) is 4.79 Å². The molecule has 2 fully saturated rings. The lowest BCUT2D eigenvalue weighted by molar-refractivity contribution is -0.117. The molecule has 0 bridgehead atoms. The van der Waals surface area contributed by atoms with Crippen LogP contribution in [0.25, 0.3) is 0 Å². The molecule has 2 saturated carbocycles. The van der Waals surface area contributed by atoms with Gasteiger partial charge in [-0.1, -0.05) is 0 Å². The minimum Gasteiger partial charge on any atom is -0.368 e. The number of nitrogens with two attached hydrogens (primary N) is 1. The number of carbonyl (C=O) groups excluding carboxylic acids is 1. The SMILES string of the molecule is NC(=O)CN/N=C1/CC[C@H]2C[C@@H]12. The topological polar surface area (TPSA) is 67.5 Å². The molecule has 2 rings (SSSR count). The third kappa shape index (κ3) is 1.42. The van der Waals surface area contributed by atoms with Gasteiger partial charge >= 0.3 is 0 Å². The maximum absolute atomic E-state index is 10.4. The number of hydrazone groups is 1. The van der Waals surface area contributed by atoms with Crippen LogP contribution in [0.4, 0.5) is 0 Å². The number of nitrogens with zero attached hydrogens (tertiary/aromatic N) is 1. The quantitative estimate of drug-likeness (QED) is 0.574. The number of hydrogen-bond acceptors (Lipinski definition) is 3. The largest absolute Gasteiger partial charge is 0.368 e. The Hall–Kier alpha value is -1.06. The first-order chi connectivity index (χ1) is 5.77. The van der Waals surface area contributed by atoms with Crippen LogP contribution < -0.4 is 11.2 Å². The monoisotopic (exact) mass is 167 g/mol. The molecule has 2 aliphatic rings. The Morgan fingerprint density at radius 3 is 3.08 bits per heavy atom. The van der Waals surface area contributed by atoms with Crippen molar-refractivity contribution < 1.29 is 4.79 Å². The van der Waals surface area contributed by atoms with Crippen LogP contribution >= 0.6 is 0 Å². The normalized spacial score (nSPS) is 34.8. The van der Waals surface area contributed by atoms with Gasteiger partial charge in [0.05, 0.1) is 0 Å². The van der Waals surface area contributed by atoms with Crippen LogP contribution in [0.15, 0.2) is 5.10 Å². The molecule has 0 radical (unpaired) electrons. The Balaban J connectivity index is 1.79. The summed E-state index contributed by atoms with van der Waals surface area (Å²) in [5.41, 5.74) is 8.89. The summed E-state index contributed by atoms with van der Waals surface area (Å²) in [4.78, 5) is 10.4. The molecule has 66 valence electrons. The van der Waals surface area contributed by atoms with E-state index in [2.05, 4.69) is 10.5 Å². The standard InChI is InChI=1S/C8H13N3O/c9-8(12)4-10-11-7-2-1-5-3-6(5)7/h5-6,10H,1-4H2,(H2,9,12)/b11-7-/t5-,6+/m0/s1. The molecule has 0 aromatic heterocycles. The van der Waals surface area contributed by atoms with Crippen molar-refractivity contribution in [1.82, 2.24) is 5.43 Å². The van der Waals surface area contributed by atoms with Crippen molar-refractivity contribution in [3.8, 4) is 0 Å². The highest BCUT2D eigenvalue weighted by atomic mass is 16.1. The zero-order valence-electron chi connectivity index (χ0n) is 6.92. The van der Waals surface area contributed by atoms with Crippen LogP contribution in [-0.4, -0.2) is 18.2 Å². The fraction of sp³-hybridized carbons (Fsp3) is 0.750. The van der Waals surface area contributed by atoms with Crippen molar-refractivity contribution in [2.24, 2.45) is 22.7 Å². The number of fused-ring (bicyclic) bond motifs is 1. The number of nitrogens with one attached hydrogen (secondary N) is 1. The first kappa shape index (κ1) is 7.58. The second-order valence-corrected chi connectivity index (χ2v) is 3.55. The fourth-order valence-electron chi connectivity index (χ4n) is 1.85. The van der Waals surface area contributed by atoms with Gasteiger partial charge in [0.15, 0.2) is 0 Å². The van der Waals surface area contributed by atoms with E-state index in [1.165, 1.54) is 18.6 Å². The van der Waals surface area contributed by atoms with E-state index >= 15 is 0 Å². The third-order valence-electron chi connectivity index (χ3n) is 2.60. The lowest BCUT2D eigenvalue weighted by Crippen LogP contribution is -2.26. The first-order valence-corrected chi connectivity index (χ1v) is 4.35. The van der Waals surface area contributed by atoms with Crippen LogP contribution in [0.5, 0.6) is 0 Å². The lowest BCUT2D eigenvalue weighted by Gasteiger charge is -1.99. The van der Waals surface area contributed by atoms with Crippen molar-refractivity contribution in [2.45, 2.75) is 19.3 Å². The van der Waals surface area contributed by atoms with Gasteiger partial charge in [-0.05, 0) is 25.2 Å².